The van der Waals surface area contributed by atoms with Crippen molar-refractivity contribution in [2.45, 2.75) is 0 Å². The molecule has 23 N–H and O–H groups in total. The molecule has 0 aliphatic heterocycles. The maximum atomic E-state index is 9.12. The number of rotatable bonds is 3. The zero-order chi connectivity index (χ0) is 17.4. The molecule has 0 bridgehead atoms. The average Bonchev–Trinajstić information content (AvgIpc) is 2.28. The van der Waals surface area contributed by atoms with Gasteiger partial charge in [0, 0.05) is 0 Å². The number of carbonyl (C=O) groups is 3. The fraction of sp³-hybridized carbons (Fsp3) is 0.500. The summed E-state index contributed by atoms with van der Waals surface area (Å²) < 4.78 is 31.6. The SMILES string of the molecule is N.N.N.N.N.O=C(O)CO.O=C(O)CO.O=C(O)CO.O=S(=O)(O)O. The van der Waals surface area contributed by atoms with Crippen LogP contribution in [-0.2, 0) is 24.8 Å². The van der Waals surface area contributed by atoms with E-state index in [-0.39, 0.29) is 30.8 Å². The van der Waals surface area contributed by atoms with Gasteiger partial charge in [0.1, 0.15) is 19.8 Å². The Labute approximate surface area is 142 Å². The van der Waals surface area contributed by atoms with E-state index in [0.29, 0.717) is 0 Å². The minimum atomic E-state index is -4.67. The predicted molar refractivity (Wildman–Crippen MR) is 83.5 cm³/mol. The molecule has 0 fully saturated rings. The summed E-state index contributed by atoms with van der Waals surface area (Å²) in [5.41, 5.74) is 0. The molecule has 18 nitrogen and oxygen atoms in total. The topological polar surface area (TPSA) is 422 Å². The molecular weight excluding hydrogens is 382 g/mol. The van der Waals surface area contributed by atoms with Crippen molar-refractivity contribution < 1.29 is 62.5 Å². The van der Waals surface area contributed by atoms with Crippen LogP contribution in [0.2, 0.25) is 0 Å². The van der Waals surface area contributed by atoms with Gasteiger partial charge in [0.05, 0.1) is 0 Å². The third-order valence-electron chi connectivity index (χ3n) is 0.406. The van der Waals surface area contributed by atoms with Crippen molar-refractivity contribution in [3.05, 3.63) is 0 Å². The molecule has 0 rings (SSSR count). The number of hydrogen-bond acceptors (Lipinski definition) is 13. The highest BCUT2D eigenvalue weighted by atomic mass is 32.3. The van der Waals surface area contributed by atoms with Crippen LogP contribution >= 0.6 is 0 Å². The highest BCUT2D eigenvalue weighted by molar-refractivity contribution is 7.79. The number of aliphatic hydroxyl groups is 3. The number of aliphatic hydroxyl groups excluding tert-OH is 3. The summed E-state index contributed by atoms with van der Waals surface area (Å²) in [5, 5.41) is 45.0. The quantitative estimate of drug-likeness (QED) is 0.210. The molecule has 0 spiro atoms. The lowest BCUT2D eigenvalue weighted by Gasteiger charge is -1.72. The van der Waals surface area contributed by atoms with Gasteiger partial charge in [-0.1, -0.05) is 0 Å². The van der Waals surface area contributed by atoms with E-state index in [2.05, 4.69) is 0 Å². The predicted octanol–water partition coefficient (Wildman–Crippen LogP) is -2.65. The van der Waals surface area contributed by atoms with Crippen LogP contribution in [0.5, 0.6) is 0 Å². The van der Waals surface area contributed by atoms with E-state index in [4.69, 9.17) is 62.5 Å². The molecule has 0 aliphatic carbocycles. The van der Waals surface area contributed by atoms with Crippen LogP contribution in [0.25, 0.3) is 0 Å². The normalized spacial score (nSPS) is 6.76. The van der Waals surface area contributed by atoms with Gasteiger partial charge in [0.15, 0.2) is 0 Å². The Balaban J connectivity index is -0.0000000183. The van der Waals surface area contributed by atoms with Gasteiger partial charge in [-0.3, -0.25) is 9.11 Å². The van der Waals surface area contributed by atoms with E-state index < -0.39 is 48.1 Å². The fourth-order valence-electron chi connectivity index (χ4n) is 0. The van der Waals surface area contributed by atoms with Crippen molar-refractivity contribution in [2.24, 2.45) is 0 Å². The van der Waals surface area contributed by atoms with Crippen LogP contribution < -0.4 is 30.8 Å². The second-order valence-corrected chi connectivity index (χ2v) is 3.00. The monoisotopic (exact) mass is 411 g/mol. The van der Waals surface area contributed by atoms with Crippen LogP contribution in [0.3, 0.4) is 0 Å². The van der Waals surface area contributed by atoms with Gasteiger partial charge in [-0.05, 0) is 0 Å². The first-order chi connectivity index (χ1) is 8.81. The van der Waals surface area contributed by atoms with Crippen LogP contribution in [0.15, 0.2) is 0 Å². The van der Waals surface area contributed by atoms with E-state index in [9.17, 15) is 0 Å². The Kier molecular flexibility index (Phi) is 86.1. The molecule has 0 aromatic carbocycles. The molecule has 162 valence electrons. The summed E-state index contributed by atoms with van der Waals surface area (Å²) >= 11 is 0. The first kappa shape index (κ1) is 56.8. The summed E-state index contributed by atoms with van der Waals surface area (Å²) in [4.78, 5) is 27.4. The van der Waals surface area contributed by atoms with Crippen molar-refractivity contribution in [1.82, 2.24) is 30.8 Å². The summed E-state index contributed by atoms with van der Waals surface area (Å²) in [6.45, 7) is -2.33. The van der Waals surface area contributed by atoms with E-state index in [1.807, 2.05) is 0 Å². The largest absolute Gasteiger partial charge is 0.480 e. The van der Waals surface area contributed by atoms with E-state index in [1.165, 1.54) is 0 Å². The molecule has 25 heavy (non-hydrogen) atoms. The van der Waals surface area contributed by atoms with Gasteiger partial charge >= 0.3 is 28.3 Å². The Morgan fingerprint density at radius 3 is 0.600 bits per heavy atom. The molecule has 0 saturated heterocycles. The lowest BCUT2D eigenvalue weighted by Crippen LogP contribution is -1.98. The first-order valence-electron chi connectivity index (χ1n) is 3.99. The molecular formula is C6H29N5O13S. The van der Waals surface area contributed by atoms with Gasteiger partial charge in [-0.2, -0.15) is 8.42 Å². The van der Waals surface area contributed by atoms with Crippen LogP contribution in [0, 0.1) is 0 Å². The summed E-state index contributed by atoms with van der Waals surface area (Å²) in [7, 11) is -4.67. The molecule has 0 aromatic heterocycles. The molecule has 0 atom stereocenters. The van der Waals surface area contributed by atoms with Gasteiger partial charge in [-0.25, -0.2) is 14.4 Å². The molecule has 0 radical (unpaired) electrons. The third kappa shape index (κ3) is 558. The standard InChI is InChI=1S/3C2H4O3.5H3N.H2O4S/c3*3-1-2(4)5;;;;;;1-5(2,3)4/h3*3H,1H2,(H,4,5);5*1H3;(H2,1,2,3,4). The van der Waals surface area contributed by atoms with Crippen LogP contribution in [-0.4, -0.2) is 85.9 Å². The Hall–Kier alpha value is -2.04. The molecule has 0 aliphatic rings. The van der Waals surface area contributed by atoms with Crippen molar-refractivity contribution in [3.8, 4) is 0 Å². The molecule has 0 saturated carbocycles. The van der Waals surface area contributed by atoms with Gasteiger partial charge < -0.3 is 61.4 Å². The van der Waals surface area contributed by atoms with Gasteiger partial charge in [0.25, 0.3) is 0 Å². The Bertz CT molecular complexity index is 334. The number of hydrogen-bond donors (Lipinski definition) is 13. The maximum Gasteiger partial charge on any atom is 0.394 e. The highest BCUT2D eigenvalue weighted by Crippen LogP contribution is 1.59. The third-order valence-corrected chi connectivity index (χ3v) is 0.406. The van der Waals surface area contributed by atoms with Crippen LogP contribution in [0.1, 0.15) is 0 Å². The zero-order valence-corrected chi connectivity index (χ0v) is 14.0. The maximum absolute atomic E-state index is 9.12. The molecule has 0 aromatic rings. The number of aliphatic carboxylic acids is 3. The average molecular weight is 411 g/mol. The zero-order valence-electron chi connectivity index (χ0n) is 13.2. The molecule has 0 heterocycles. The van der Waals surface area contributed by atoms with E-state index in [1.54, 1.807) is 0 Å². The highest BCUT2D eigenvalue weighted by Gasteiger charge is 1.85. The fourth-order valence-corrected chi connectivity index (χ4v) is 0. The first-order valence-corrected chi connectivity index (χ1v) is 5.39. The van der Waals surface area contributed by atoms with E-state index in [0.717, 1.165) is 0 Å². The van der Waals surface area contributed by atoms with Crippen LogP contribution in [0.4, 0.5) is 0 Å². The minimum Gasteiger partial charge on any atom is -0.480 e. The van der Waals surface area contributed by atoms with Crippen molar-refractivity contribution in [3.63, 3.8) is 0 Å². The second kappa shape index (κ2) is 37.9. The van der Waals surface area contributed by atoms with Crippen molar-refractivity contribution in [1.29, 1.82) is 0 Å². The second-order valence-electron chi connectivity index (χ2n) is 2.10. The lowest BCUT2D eigenvalue weighted by molar-refractivity contribution is -0.141. The van der Waals surface area contributed by atoms with Crippen molar-refractivity contribution in [2.75, 3.05) is 19.8 Å². The summed E-state index contributed by atoms with van der Waals surface area (Å²) in [5.74, 6) is -3.57. The summed E-state index contributed by atoms with van der Waals surface area (Å²) in [6, 6.07) is 0. The Morgan fingerprint density at radius 2 is 0.600 bits per heavy atom. The van der Waals surface area contributed by atoms with Gasteiger partial charge in [0.2, 0.25) is 0 Å². The smallest absolute Gasteiger partial charge is 0.394 e. The molecule has 0 amide bonds. The number of carboxylic acid groups (broad SMARTS) is 3. The van der Waals surface area contributed by atoms with E-state index >= 15 is 0 Å². The molecule has 19 heteroatoms. The Morgan fingerprint density at radius 1 is 0.560 bits per heavy atom. The van der Waals surface area contributed by atoms with Gasteiger partial charge in [-0.15, -0.1) is 0 Å². The molecule has 0 unspecified atom stereocenters. The lowest BCUT2D eigenvalue weighted by atomic mass is 10.8. The minimum absolute atomic E-state index is 0. The summed E-state index contributed by atoms with van der Waals surface area (Å²) in [6.07, 6.45) is 0. The number of carboxylic acids is 3. The van der Waals surface area contributed by atoms with Crippen molar-refractivity contribution >= 4 is 28.3 Å².